The van der Waals surface area contributed by atoms with Crippen molar-refractivity contribution < 1.29 is 8.81 Å². The molecule has 0 aliphatic rings. The summed E-state index contributed by atoms with van der Waals surface area (Å²) in [5.41, 5.74) is 0.418. The average molecular weight is 295 g/mol. The number of aromatic nitrogens is 1. The van der Waals surface area contributed by atoms with E-state index >= 15 is 0 Å². The molecule has 0 N–H and O–H groups in total. The molecule has 90 valence electrons. The molecular formula is C11H7Cl3FNO. The van der Waals surface area contributed by atoms with E-state index in [9.17, 15) is 4.39 Å². The van der Waals surface area contributed by atoms with Gasteiger partial charge in [-0.15, -0.1) is 11.6 Å². The zero-order chi connectivity index (χ0) is 12.4. The van der Waals surface area contributed by atoms with E-state index in [2.05, 4.69) is 4.98 Å². The average Bonchev–Trinajstić information content (AvgIpc) is 2.72. The molecule has 1 aromatic heterocycles. The van der Waals surface area contributed by atoms with Crippen LogP contribution >= 0.6 is 34.8 Å². The van der Waals surface area contributed by atoms with Crippen molar-refractivity contribution in [3.63, 3.8) is 0 Å². The van der Waals surface area contributed by atoms with E-state index < -0.39 is 5.82 Å². The van der Waals surface area contributed by atoms with Gasteiger partial charge in [0.05, 0.1) is 16.2 Å². The van der Waals surface area contributed by atoms with Crippen LogP contribution < -0.4 is 0 Å². The minimum absolute atomic E-state index is 0.0285. The van der Waals surface area contributed by atoms with Crippen LogP contribution in [0.4, 0.5) is 4.39 Å². The molecule has 0 saturated carbocycles. The lowest BCUT2D eigenvalue weighted by molar-refractivity contribution is 0.514. The summed E-state index contributed by atoms with van der Waals surface area (Å²) in [4.78, 5) is 4.01. The normalized spacial score (nSPS) is 10.8. The Hall–Kier alpha value is -0.770. The number of hydrogen-bond acceptors (Lipinski definition) is 2. The fourth-order valence-electron chi connectivity index (χ4n) is 1.34. The van der Waals surface area contributed by atoms with Crippen LogP contribution in [-0.4, -0.2) is 10.9 Å². The number of oxazole rings is 1. The van der Waals surface area contributed by atoms with Crippen molar-refractivity contribution in [3.8, 4) is 11.3 Å². The lowest BCUT2D eigenvalue weighted by Gasteiger charge is -2.02. The zero-order valence-electron chi connectivity index (χ0n) is 8.51. The number of benzene rings is 1. The lowest BCUT2D eigenvalue weighted by Crippen LogP contribution is -1.84. The van der Waals surface area contributed by atoms with Gasteiger partial charge in [-0.25, -0.2) is 9.37 Å². The highest BCUT2D eigenvalue weighted by Crippen LogP contribution is 2.32. The highest BCUT2D eigenvalue weighted by molar-refractivity contribution is 6.36. The second kappa shape index (κ2) is 5.25. The highest BCUT2D eigenvalue weighted by Gasteiger charge is 2.13. The molecule has 6 heteroatoms. The van der Waals surface area contributed by atoms with Crippen LogP contribution in [0, 0.1) is 5.82 Å². The number of rotatable bonds is 3. The third-order valence-corrected chi connectivity index (χ3v) is 2.93. The third kappa shape index (κ3) is 2.73. The molecule has 2 rings (SSSR count). The van der Waals surface area contributed by atoms with E-state index in [1.165, 1.54) is 18.3 Å². The molecule has 0 spiro atoms. The van der Waals surface area contributed by atoms with Crippen LogP contribution in [0.15, 0.2) is 22.7 Å². The molecule has 0 unspecified atom stereocenters. The van der Waals surface area contributed by atoms with Gasteiger partial charge in [-0.3, -0.25) is 0 Å². The molecule has 1 heterocycles. The van der Waals surface area contributed by atoms with Gasteiger partial charge in [0.15, 0.2) is 11.7 Å². The van der Waals surface area contributed by atoms with Gasteiger partial charge in [0.25, 0.3) is 0 Å². The number of aryl methyl sites for hydroxylation is 1. The van der Waals surface area contributed by atoms with Crippen molar-refractivity contribution in [2.24, 2.45) is 0 Å². The van der Waals surface area contributed by atoms with Gasteiger partial charge in [-0.05, 0) is 12.1 Å². The smallest absolute Gasteiger partial charge is 0.196 e. The summed E-state index contributed by atoms with van der Waals surface area (Å²) in [7, 11) is 0. The van der Waals surface area contributed by atoms with E-state index in [1.807, 2.05) is 0 Å². The molecule has 17 heavy (non-hydrogen) atoms. The van der Waals surface area contributed by atoms with Crippen LogP contribution in [0.5, 0.6) is 0 Å². The van der Waals surface area contributed by atoms with Crippen molar-refractivity contribution in [1.82, 2.24) is 4.98 Å². The second-order valence-corrected chi connectivity index (χ2v) is 4.50. The molecule has 0 saturated heterocycles. The van der Waals surface area contributed by atoms with E-state index in [0.717, 1.165) is 0 Å². The number of alkyl halides is 1. The quantitative estimate of drug-likeness (QED) is 0.612. The molecular weight excluding hydrogens is 287 g/mol. The largest absolute Gasteiger partial charge is 0.441 e. The standard InChI is InChI=1S/C11H7Cl3FNO/c12-2-1-11-16-5-10(17-11)6-3-9(15)8(14)4-7(6)13/h3-5H,1-2H2. The summed E-state index contributed by atoms with van der Waals surface area (Å²) in [6, 6.07) is 2.55. The van der Waals surface area contributed by atoms with E-state index in [0.29, 0.717) is 34.5 Å². The van der Waals surface area contributed by atoms with Gasteiger partial charge in [0.1, 0.15) is 5.82 Å². The predicted molar refractivity (Wildman–Crippen MR) is 66.3 cm³/mol. The summed E-state index contributed by atoms with van der Waals surface area (Å²) >= 11 is 17.1. The molecule has 0 radical (unpaired) electrons. The number of halogens is 4. The Kier molecular flexibility index (Phi) is 3.92. The van der Waals surface area contributed by atoms with E-state index in [1.54, 1.807) is 0 Å². The number of hydrogen-bond donors (Lipinski definition) is 0. The second-order valence-electron chi connectivity index (χ2n) is 3.30. The SMILES string of the molecule is Fc1cc(-c2cnc(CCCl)o2)c(Cl)cc1Cl. The first-order chi connectivity index (χ1) is 8.11. The molecule has 1 aromatic carbocycles. The molecule has 0 aliphatic heterocycles. The van der Waals surface area contributed by atoms with Gasteiger partial charge in [-0.2, -0.15) is 0 Å². The Bertz CT molecular complexity index is 542. The maximum Gasteiger partial charge on any atom is 0.196 e. The van der Waals surface area contributed by atoms with E-state index in [-0.39, 0.29) is 5.02 Å². The van der Waals surface area contributed by atoms with Gasteiger partial charge in [-0.1, -0.05) is 23.2 Å². The van der Waals surface area contributed by atoms with Crippen LogP contribution in [0.2, 0.25) is 10.0 Å². The topological polar surface area (TPSA) is 26.0 Å². The van der Waals surface area contributed by atoms with Crippen LogP contribution in [0.1, 0.15) is 5.89 Å². The molecule has 0 fully saturated rings. The molecule has 0 atom stereocenters. The number of nitrogens with zero attached hydrogens (tertiary/aromatic N) is 1. The third-order valence-electron chi connectivity index (χ3n) is 2.14. The van der Waals surface area contributed by atoms with Crippen LogP contribution in [-0.2, 0) is 6.42 Å². The summed E-state index contributed by atoms with van der Waals surface area (Å²) in [5, 5.41) is 0.282. The highest BCUT2D eigenvalue weighted by atomic mass is 35.5. The zero-order valence-corrected chi connectivity index (χ0v) is 10.8. The molecule has 0 amide bonds. The summed E-state index contributed by atoms with van der Waals surface area (Å²) < 4.78 is 18.7. The fourth-order valence-corrected chi connectivity index (χ4v) is 1.98. The Morgan fingerprint density at radius 3 is 2.71 bits per heavy atom. The first kappa shape index (κ1) is 12.7. The van der Waals surface area contributed by atoms with Gasteiger partial charge >= 0.3 is 0 Å². The molecule has 0 bridgehead atoms. The fraction of sp³-hybridized carbons (Fsp3) is 0.182. The maximum absolute atomic E-state index is 13.3. The maximum atomic E-state index is 13.3. The lowest BCUT2D eigenvalue weighted by atomic mass is 10.2. The minimum Gasteiger partial charge on any atom is -0.441 e. The van der Waals surface area contributed by atoms with Gasteiger partial charge in [0, 0.05) is 17.9 Å². The van der Waals surface area contributed by atoms with Crippen molar-refractivity contribution in [2.75, 3.05) is 5.88 Å². The van der Waals surface area contributed by atoms with Gasteiger partial charge in [0.2, 0.25) is 0 Å². The summed E-state index contributed by atoms with van der Waals surface area (Å²) in [6.45, 7) is 0. The van der Waals surface area contributed by atoms with Crippen molar-refractivity contribution >= 4 is 34.8 Å². The first-order valence-electron chi connectivity index (χ1n) is 4.77. The Morgan fingerprint density at radius 1 is 1.24 bits per heavy atom. The molecule has 2 aromatic rings. The first-order valence-corrected chi connectivity index (χ1v) is 6.06. The Labute approximate surface area is 112 Å². The Balaban J connectivity index is 2.41. The summed E-state index contributed by atoms with van der Waals surface area (Å²) in [5.74, 6) is 0.733. The summed E-state index contributed by atoms with van der Waals surface area (Å²) in [6.07, 6.45) is 1.99. The van der Waals surface area contributed by atoms with Crippen molar-refractivity contribution in [2.45, 2.75) is 6.42 Å². The van der Waals surface area contributed by atoms with E-state index in [4.69, 9.17) is 39.2 Å². The van der Waals surface area contributed by atoms with Crippen LogP contribution in [0.25, 0.3) is 11.3 Å². The minimum atomic E-state index is -0.554. The molecule has 0 aliphatic carbocycles. The molecule has 2 nitrogen and oxygen atoms in total. The Morgan fingerprint density at radius 2 is 2.00 bits per heavy atom. The monoisotopic (exact) mass is 293 g/mol. The van der Waals surface area contributed by atoms with Gasteiger partial charge < -0.3 is 4.42 Å². The van der Waals surface area contributed by atoms with Crippen LogP contribution in [0.3, 0.4) is 0 Å². The van der Waals surface area contributed by atoms with Crippen molar-refractivity contribution in [1.29, 1.82) is 0 Å². The predicted octanol–water partition coefficient (Wildman–Crippen LogP) is 4.57. The van der Waals surface area contributed by atoms with Crippen molar-refractivity contribution in [3.05, 3.63) is 40.1 Å².